The van der Waals surface area contributed by atoms with Crippen molar-refractivity contribution >= 4 is 0 Å². The molecule has 1 rings (SSSR count). The molecule has 0 fully saturated rings. The van der Waals surface area contributed by atoms with E-state index in [1.54, 1.807) is 12.4 Å². The molecule has 3 heteroatoms. The van der Waals surface area contributed by atoms with E-state index in [1.807, 2.05) is 12.1 Å². The summed E-state index contributed by atoms with van der Waals surface area (Å²) in [6, 6.07) is 4.32. The lowest BCUT2D eigenvalue weighted by atomic mass is 10.1. The van der Waals surface area contributed by atoms with Gasteiger partial charge in [-0.15, -0.1) is 0 Å². The van der Waals surface area contributed by atoms with Gasteiger partial charge >= 0.3 is 0 Å². The van der Waals surface area contributed by atoms with E-state index in [9.17, 15) is 0 Å². The van der Waals surface area contributed by atoms with E-state index < -0.39 is 0 Å². The fourth-order valence-corrected chi connectivity index (χ4v) is 1.17. The summed E-state index contributed by atoms with van der Waals surface area (Å²) in [7, 11) is 0. The lowest BCUT2D eigenvalue weighted by Crippen LogP contribution is -2.20. The summed E-state index contributed by atoms with van der Waals surface area (Å²) < 4.78 is 0. The molecule has 0 radical (unpaired) electrons. The maximum Gasteiger partial charge on any atom is 0.0443 e. The summed E-state index contributed by atoms with van der Waals surface area (Å²) in [5.41, 5.74) is 1.23. The van der Waals surface area contributed by atoms with Crippen LogP contribution in [0, 0.1) is 0 Å². The van der Waals surface area contributed by atoms with Crippen LogP contribution in [-0.2, 0) is 0 Å². The molecule has 2 N–H and O–H groups in total. The van der Waals surface area contributed by atoms with E-state index in [2.05, 4.69) is 17.2 Å². The third-order valence-electron chi connectivity index (χ3n) is 1.99. The Morgan fingerprint density at radius 3 is 2.77 bits per heavy atom. The number of nitrogens with one attached hydrogen (secondary N) is 1. The predicted molar refractivity (Wildman–Crippen MR) is 52.4 cm³/mol. The van der Waals surface area contributed by atoms with E-state index in [-0.39, 0.29) is 6.61 Å². The van der Waals surface area contributed by atoms with Gasteiger partial charge in [-0.2, -0.15) is 0 Å². The first-order valence-electron chi connectivity index (χ1n) is 4.58. The fraction of sp³-hybridized carbons (Fsp3) is 0.500. The monoisotopic (exact) mass is 180 g/mol. The Morgan fingerprint density at radius 1 is 1.46 bits per heavy atom. The van der Waals surface area contributed by atoms with Gasteiger partial charge in [-0.25, -0.2) is 0 Å². The smallest absolute Gasteiger partial charge is 0.0443 e. The molecule has 1 aromatic rings. The molecular weight excluding hydrogens is 164 g/mol. The van der Waals surface area contributed by atoms with Crippen LogP contribution in [0.5, 0.6) is 0 Å². The van der Waals surface area contributed by atoms with E-state index in [0.717, 1.165) is 13.0 Å². The maximum atomic E-state index is 8.60. The summed E-state index contributed by atoms with van der Waals surface area (Å²) in [5.74, 6) is 0. The zero-order valence-corrected chi connectivity index (χ0v) is 7.90. The molecule has 1 heterocycles. The van der Waals surface area contributed by atoms with E-state index in [1.165, 1.54) is 5.56 Å². The number of aromatic nitrogens is 1. The third kappa shape index (κ3) is 3.53. The Bertz CT molecular complexity index is 226. The molecule has 0 bridgehead atoms. The Morgan fingerprint density at radius 2 is 2.15 bits per heavy atom. The van der Waals surface area contributed by atoms with Crippen LogP contribution in [0.2, 0.25) is 0 Å². The first kappa shape index (κ1) is 10.2. The maximum absolute atomic E-state index is 8.60. The molecule has 0 amide bonds. The topological polar surface area (TPSA) is 45.1 Å². The molecule has 0 unspecified atom stereocenters. The Balaban J connectivity index is 2.35. The van der Waals surface area contributed by atoms with Crippen molar-refractivity contribution < 1.29 is 5.11 Å². The molecular formula is C10H16N2O. The van der Waals surface area contributed by atoms with E-state index >= 15 is 0 Å². The first-order valence-corrected chi connectivity index (χ1v) is 4.58. The number of rotatable bonds is 5. The van der Waals surface area contributed by atoms with Crippen LogP contribution in [0.15, 0.2) is 24.5 Å². The van der Waals surface area contributed by atoms with Gasteiger partial charge in [0.25, 0.3) is 0 Å². The summed E-state index contributed by atoms with van der Waals surface area (Å²) in [5, 5.41) is 11.9. The van der Waals surface area contributed by atoms with Crippen LogP contribution in [0.4, 0.5) is 0 Å². The molecule has 72 valence electrons. The van der Waals surface area contributed by atoms with Crippen molar-refractivity contribution in [3.8, 4) is 0 Å². The second-order valence-corrected chi connectivity index (χ2v) is 3.03. The molecule has 0 aliphatic heterocycles. The van der Waals surface area contributed by atoms with Crippen molar-refractivity contribution in [2.75, 3.05) is 13.2 Å². The first-order chi connectivity index (χ1) is 6.34. The van der Waals surface area contributed by atoms with Crippen molar-refractivity contribution in [3.63, 3.8) is 0 Å². The van der Waals surface area contributed by atoms with Crippen LogP contribution >= 0.6 is 0 Å². The lowest BCUT2D eigenvalue weighted by molar-refractivity contribution is 0.284. The van der Waals surface area contributed by atoms with Crippen molar-refractivity contribution in [2.24, 2.45) is 0 Å². The molecule has 0 saturated carbocycles. The van der Waals surface area contributed by atoms with Gasteiger partial charge < -0.3 is 10.4 Å². The molecule has 0 aromatic carbocycles. The third-order valence-corrected chi connectivity index (χ3v) is 1.99. The molecule has 0 aliphatic carbocycles. The largest absolute Gasteiger partial charge is 0.396 e. The molecule has 1 aromatic heterocycles. The average molecular weight is 180 g/mol. The normalized spacial score (nSPS) is 12.8. The zero-order valence-electron chi connectivity index (χ0n) is 7.90. The minimum absolute atomic E-state index is 0.246. The number of hydrogen-bond acceptors (Lipinski definition) is 3. The van der Waals surface area contributed by atoms with Crippen molar-refractivity contribution in [3.05, 3.63) is 30.1 Å². The summed E-state index contributed by atoms with van der Waals surface area (Å²) in [6.45, 7) is 3.20. The minimum Gasteiger partial charge on any atom is -0.396 e. The highest BCUT2D eigenvalue weighted by Crippen LogP contribution is 2.09. The minimum atomic E-state index is 0.246. The SMILES string of the molecule is C[C@H](NCCCO)c1ccncc1. The second-order valence-electron chi connectivity index (χ2n) is 3.03. The Labute approximate surface area is 78.8 Å². The van der Waals surface area contributed by atoms with Gasteiger partial charge in [0.1, 0.15) is 0 Å². The van der Waals surface area contributed by atoms with Gasteiger partial charge in [0.2, 0.25) is 0 Å². The lowest BCUT2D eigenvalue weighted by Gasteiger charge is -2.12. The highest BCUT2D eigenvalue weighted by molar-refractivity contribution is 5.13. The summed E-state index contributed by atoms with van der Waals surface area (Å²) in [6.07, 6.45) is 4.38. The quantitative estimate of drug-likeness (QED) is 0.667. The van der Waals surface area contributed by atoms with Crippen LogP contribution in [-0.4, -0.2) is 23.2 Å². The number of aliphatic hydroxyl groups excluding tert-OH is 1. The summed E-state index contributed by atoms with van der Waals surface area (Å²) >= 11 is 0. The molecule has 1 atom stereocenters. The van der Waals surface area contributed by atoms with Gasteiger partial charge in [-0.1, -0.05) is 0 Å². The molecule has 0 aliphatic rings. The van der Waals surface area contributed by atoms with Gasteiger partial charge in [-0.3, -0.25) is 4.98 Å². The van der Waals surface area contributed by atoms with E-state index in [0.29, 0.717) is 6.04 Å². The van der Waals surface area contributed by atoms with Gasteiger partial charge in [0.15, 0.2) is 0 Å². The van der Waals surface area contributed by atoms with Crippen LogP contribution in [0.25, 0.3) is 0 Å². The van der Waals surface area contributed by atoms with Crippen molar-refractivity contribution in [2.45, 2.75) is 19.4 Å². The molecule has 13 heavy (non-hydrogen) atoms. The van der Waals surface area contributed by atoms with Crippen LogP contribution in [0.1, 0.15) is 24.9 Å². The fourth-order valence-electron chi connectivity index (χ4n) is 1.17. The molecule has 0 saturated heterocycles. The van der Waals surface area contributed by atoms with Crippen molar-refractivity contribution in [1.82, 2.24) is 10.3 Å². The number of pyridine rings is 1. The van der Waals surface area contributed by atoms with Gasteiger partial charge in [0.05, 0.1) is 0 Å². The molecule has 0 spiro atoms. The number of hydrogen-bond donors (Lipinski definition) is 2. The highest BCUT2D eigenvalue weighted by Gasteiger charge is 2.01. The van der Waals surface area contributed by atoms with Crippen molar-refractivity contribution in [1.29, 1.82) is 0 Å². The van der Waals surface area contributed by atoms with Crippen LogP contribution < -0.4 is 5.32 Å². The van der Waals surface area contributed by atoms with Gasteiger partial charge in [0, 0.05) is 25.0 Å². The standard InChI is InChI=1S/C10H16N2O/c1-9(12-5-2-8-13)10-3-6-11-7-4-10/h3-4,6-7,9,12-13H,2,5,8H2,1H3/t9-/m0/s1. The number of aliphatic hydroxyl groups is 1. The summed E-state index contributed by atoms with van der Waals surface area (Å²) in [4.78, 5) is 3.96. The predicted octanol–water partition coefficient (Wildman–Crippen LogP) is 1.11. The Hall–Kier alpha value is -0.930. The van der Waals surface area contributed by atoms with Crippen LogP contribution in [0.3, 0.4) is 0 Å². The molecule has 3 nitrogen and oxygen atoms in total. The zero-order chi connectivity index (χ0) is 9.52. The van der Waals surface area contributed by atoms with Gasteiger partial charge in [-0.05, 0) is 37.6 Å². The highest BCUT2D eigenvalue weighted by atomic mass is 16.3. The second kappa shape index (κ2) is 5.67. The average Bonchev–Trinajstić information content (AvgIpc) is 2.19. The number of nitrogens with zero attached hydrogens (tertiary/aromatic N) is 1. The Kier molecular flexibility index (Phi) is 4.43. The van der Waals surface area contributed by atoms with E-state index in [4.69, 9.17) is 5.11 Å².